The highest BCUT2D eigenvalue weighted by Crippen LogP contribution is 2.20. The average Bonchev–Trinajstić information content (AvgIpc) is 2.38. The van der Waals surface area contributed by atoms with Gasteiger partial charge in [0.25, 0.3) is 5.91 Å². The van der Waals surface area contributed by atoms with E-state index in [0.29, 0.717) is 11.5 Å². The number of halogens is 2. The molecule has 1 aromatic heterocycles. The van der Waals surface area contributed by atoms with E-state index in [4.69, 9.17) is 0 Å². The summed E-state index contributed by atoms with van der Waals surface area (Å²) in [7, 11) is 3.47. The van der Waals surface area contributed by atoms with E-state index >= 15 is 0 Å². The van der Waals surface area contributed by atoms with Crippen LogP contribution in [-0.2, 0) is 0 Å². The van der Waals surface area contributed by atoms with Crippen LogP contribution in [0.25, 0.3) is 0 Å². The Labute approximate surface area is 132 Å². The second-order valence-corrected chi connectivity index (χ2v) is 4.97. The molecule has 1 saturated heterocycles. The van der Waals surface area contributed by atoms with Crippen molar-refractivity contribution in [2.24, 2.45) is 0 Å². The first kappa shape index (κ1) is 19.1. The lowest BCUT2D eigenvalue weighted by Gasteiger charge is -2.22. The van der Waals surface area contributed by atoms with E-state index in [1.54, 1.807) is 25.2 Å². The Morgan fingerprint density at radius 3 is 2.60 bits per heavy atom. The molecule has 1 atom stereocenters. The molecule has 1 unspecified atom stereocenters. The van der Waals surface area contributed by atoms with Crippen molar-refractivity contribution in [3.8, 4) is 0 Å². The number of hydrogen-bond donors (Lipinski definition) is 1. The van der Waals surface area contributed by atoms with Crippen molar-refractivity contribution >= 4 is 30.7 Å². The summed E-state index contributed by atoms with van der Waals surface area (Å²) < 4.78 is 0. The fraction of sp³-hybridized carbons (Fsp3) is 0.615. The number of carbonyl (C=O) groups is 1. The van der Waals surface area contributed by atoms with Gasteiger partial charge in [0.05, 0.1) is 11.3 Å². The highest BCUT2D eigenvalue weighted by molar-refractivity contribution is 5.94. The molecule has 20 heavy (non-hydrogen) atoms. The number of rotatable bonds is 2. The highest BCUT2D eigenvalue weighted by atomic mass is 35.5. The van der Waals surface area contributed by atoms with E-state index < -0.39 is 0 Å². The zero-order valence-corrected chi connectivity index (χ0v) is 13.7. The molecule has 0 saturated carbocycles. The van der Waals surface area contributed by atoms with Crippen molar-refractivity contribution in [2.75, 3.05) is 27.2 Å². The van der Waals surface area contributed by atoms with Gasteiger partial charge in [-0.25, -0.2) is 9.97 Å². The summed E-state index contributed by atoms with van der Waals surface area (Å²) in [6.45, 7) is 3.88. The van der Waals surface area contributed by atoms with Crippen molar-refractivity contribution < 1.29 is 4.79 Å². The topological polar surface area (TPSA) is 58.1 Å². The van der Waals surface area contributed by atoms with E-state index in [1.165, 1.54) is 0 Å². The maximum absolute atomic E-state index is 11.9. The number of aromatic nitrogens is 2. The number of amides is 1. The smallest absolute Gasteiger partial charge is 0.256 e. The van der Waals surface area contributed by atoms with Crippen LogP contribution in [0.3, 0.4) is 0 Å². The zero-order valence-electron chi connectivity index (χ0n) is 12.0. The predicted molar refractivity (Wildman–Crippen MR) is 84.1 cm³/mol. The first-order valence-corrected chi connectivity index (χ1v) is 6.35. The molecule has 1 N–H and O–H groups in total. The number of nitrogens with one attached hydrogen (secondary N) is 1. The molecule has 1 aliphatic heterocycles. The molecule has 0 aliphatic carbocycles. The summed E-state index contributed by atoms with van der Waals surface area (Å²) in [4.78, 5) is 22.3. The molecule has 7 heteroatoms. The van der Waals surface area contributed by atoms with Crippen LogP contribution in [0, 0.1) is 6.92 Å². The first-order valence-electron chi connectivity index (χ1n) is 6.35. The van der Waals surface area contributed by atoms with Crippen LogP contribution in [0.2, 0.25) is 0 Å². The summed E-state index contributed by atoms with van der Waals surface area (Å²) in [5.74, 6) is 1.19. The van der Waals surface area contributed by atoms with Gasteiger partial charge in [0.15, 0.2) is 0 Å². The molecule has 114 valence electrons. The SMILES string of the molecule is Cc1nc(C2CCCNC2)ncc1C(=O)N(C)C.Cl.Cl. The Morgan fingerprint density at radius 2 is 2.10 bits per heavy atom. The van der Waals surface area contributed by atoms with Crippen LogP contribution in [-0.4, -0.2) is 48.0 Å². The van der Waals surface area contributed by atoms with Gasteiger partial charge in [-0.15, -0.1) is 24.8 Å². The standard InChI is InChI=1S/C13H20N4O.2ClH/c1-9-11(13(18)17(2)3)8-15-12(16-9)10-5-4-6-14-7-10;;/h8,10,14H,4-7H2,1-3H3;2*1H. The Bertz CT molecular complexity index is 448. The van der Waals surface area contributed by atoms with E-state index in [9.17, 15) is 4.79 Å². The van der Waals surface area contributed by atoms with Gasteiger partial charge in [-0.3, -0.25) is 4.79 Å². The number of nitrogens with zero attached hydrogens (tertiary/aromatic N) is 3. The predicted octanol–water partition coefficient (Wildman–Crippen LogP) is 1.80. The van der Waals surface area contributed by atoms with Crippen LogP contribution in [0.5, 0.6) is 0 Å². The lowest BCUT2D eigenvalue weighted by atomic mass is 9.98. The molecule has 1 aromatic rings. The van der Waals surface area contributed by atoms with E-state index in [0.717, 1.165) is 37.4 Å². The van der Waals surface area contributed by atoms with Gasteiger partial charge in [-0.05, 0) is 26.3 Å². The average molecular weight is 321 g/mol. The molecule has 1 fully saturated rings. The molecule has 1 aliphatic rings. The van der Waals surface area contributed by atoms with Gasteiger partial charge in [-0.2, -0.15) is 0 Å². The first-order chi connectivity index (χ1) is 8.59. The van der Waals surface area contributed by atoms with Crippen molar-refractivity contribution in [2.45, 2.75) is 25.7 Å². The van der Waals surface area contributed by atoms with Crippen molar-refractivity contribution in [1.29, 1.82) is 0 Å². The molecule has 0 bridgehead atoms. The van der Waals surface area contributed by atoms with Gasteiger partial charge in [0.1, 0.15) is 5.82 Å². The van der Waals surface area contributed by atoms with Crippen LogP contribution in [0.1, 0.15) is 40.6 Å². The minimum absolute atomic E-state index is 0. The fourth-order valence-electron chi connectivity index (χ4n) is 2.20. The van der Waals surface area contributed by atoms with E-state index in [-0.39, 0.29) is 30.7 Å². The monoisotopic (exact) mass is 320 g/mol. The number of carbonyl (C=O) groups excluding carboxylic acids is 1. The summed E-state index contributed by atoms with van der Waals surface area (Å²) in [5, 5.41) is 3.35. The maximum Gasteiger partial charge on any atom is 0.256 e. The summed E-state index contributed by atoms with van der Waals surface area (Å²) in [6.07, 6.45) is 3.94. The van der Waals surface area contributed by atoms with Crippen LogP contribution < -0.4 is 5.32 Å². The van der Waals surface area contributed by atoms with Crippen LogP contribution in [0.4, 0.5) is 0 Å². The molecule has 2 rings (SSSR count). The fourth-order valence-corrected chi connectivity index (χ4v) is 2.20. The van der Waals surface area contributed by atoms with Gasteiger partial charge < -0.3 is 10.2 Å². The second-order valence-electron chi connectivity index (χ2n) is 4.97. The summed E-state index contributed by atoms with van der Waals surface area (Å²) >= 11 is 0. The molecule has 5 nitrogen and oxygen atoms in total. The second kappa shape index (κ2) is 8.39. The minimum Gasteiger partial charge on any atom is -0.345 e. The van der Waals surface area contributed by atoms with Crippen LogP contribution in [0.15, 0.2) is 6.20 Å². The van der Waals surface area contributed by atoms with Crippen molar-refractivity contribution in [1.82, 2.24) is 20.2 Å². The quantitative estimate of drug-likeness (QED) is 0.902. The lowest BCUT2D eigenvalue weighted by Crippen LogP contribution is -2.30. The van der Waals surface area contributed by atoms with Crippen LogP contribution >= 0.6 is 24.8 Å². The largest absolute Gasteiger partial charge is 0.345 e. The van der Waals surface area contributed by atoms with Gasteiger partial charge in [-0.1, -0.05) is 0 Å². The number of piperidine rings is 1. The summed E-state index contributed by atoms with van der Waals surface area (Å²) in [5.41, 5.74) is 1.36. The van der Waals surface area contributed by atoms with Crippen molar-refractivity contribution in [3.63, 3.8) is 0 Å². The third kappa shape index (κ3) is 4.30. The molecule has 2 heterocycles. The lowest BCUT2D eigenvalue weighted by molar-refractivity contribution is 0.0826. The molecule has 0 spiro atoms. The maximum atomic E-state index is 11.9. The third-order valence-corrected chi connectivity index (χ3v) is 3.30. The Balaban J connectivity index is 0.00000180. The van der Waals surface area contributed by atoms with Crippen molar-refractivity contribution in [3.05, 3.63) is 23.3 Å². The number of aryl methyl sites for hydroxylation is 1. The Kier molecular flexibility index (Phi) is 8.01. The Morgan fingerprint density at radius 1 is 1.40 bits per heavy atom. The third-order valence-electron chi connectivity index (χ3n) is 3.30. The normalized spacial score (nSPS) is 17.6. The molecule has 0 aromatic carbocycles. The van der Waals surface area contributed by atoms with Gasteiger partial charge >= 0.3 is 0 Å². The molecular formula is C13H22Cl2N4O. The molecule has 1 amide bonds. The number of hydrogen-bond acceptors (Lipinski definition) is 4. The summed E-state index contributed by atoms with van der Waals surface area (Å²) in [6, 6.07) is 0. The van der Waals surface area contributed by atoms with E-state index in [1.807, 2.05) is 6.92 Å². The highest BCUT2D eigenvalue weighted by Gasteiger charge is 2.20. The Hall–Kier alpha value is -0.910. The minimum atomic E-state index is -0.0409. The van der Waals surface area contributed by atoms with Gasteiger partial charge in [0.2, 0.25) is 0 Å². The van der Waals surface area contributed by atoms with E-state index in [2.05, 4.69) is 15.3 Å². The van der Waals surface area contributed by atoms with Gasteiger partial charge in [0, 0.05) is 32.8 Å². The zero-order chi connectivity index (χ0) is 13.1. The molecular weight excluding hydrogens is 299 g/mol. The molecule has 0 radical (unpaired) electrons.